The van der Waals surface area contributed by atoms with Gasteiger partial charge < -0.3 is 9.13 Å². The van der Waals surface area contributed by atoms with Crippen LogP contribution in [0.5, 0.6) is 0 Å². The van der Waals surface area contributed by atoms with Crippen LogP contribution in [-0.4, -0.2) is 14.1 Å². The summed E-state index contributed by atoms with van der Waals surface area (Å²) in [6, 6.07) is 56.9. The second-order valence-corrected chi connectivity index (χ2v) is 13.1. The molecule has 0 atom stereocenters. The van der Waals surface area contributed by atoms with E-state index in [0.717, 1.165) is 16.9 Å². The van der Waals surface area contributed by atoms with E-state index in [1.165, 1.54) is 69.8 Å². The molecule has 0 spiro atoms. The molecule has 0 aliphatic rings. The Bertz CT molecular complexity index is 2760. The number of thiophene rings is 1. The maximum absolute atomic E-state index is 4.54. The largest absolute Gasteiger partial charge is 0.309 e. The molecule has 0 unspecified atom stereocenters. The lowest BCUT2D eigenvalue weighted by Gasteiger charge is -2.11. The predicted octanol–water partition coefficient (Wildman–Crippen LogP) is 11.8. The fraction of sp³-hybridized carbons (Fsp3) is 0. The van der Waals surface area contributed by atoms with Crippen LogP contribution >= 0.6 is 11.3 Å². The molecule has 0 saturated carbocycles. The summed E-state index contributed by atoms with van der Waals surface area (Å²) in [6.45, 7) is 0. The van der Waals surface area contributed by atoms with Crippen molar-refractivity contribution in [2.75, 3.05) is 0 Å². The van der Waals surface area contributed by atoms with E-state index in [-0.39, 0.29) is 0 Å². The molecule has 10 rings (SSSR count). The summed E-state index contributed by atoms with van der Waals surface area (Å²) < 4.78 is 7.49. The van der Waals surface area contributed by atoms with Crippen molar-refractivity contribution >= 4 is 64.3 Å². The van der Waals surface area contributed by atoms with Crippen LogP contribution in [0.25, 0.3) is 86.8 Å². The molecule has 0 aliphatic heterocycles. The Kier molecular flexibility index (Phi) is 5.74. The molecule has 220 valence electrons. The zero-order valence-corrected chi connectivity index (χ0v) is 26.2. The third-order valence-electron chi connectivity index (χ3n) is 9.40. The minimum absolute atomic E-state index is 0.979. The van der Waals surface area contributed by atoms with Gasteiger partial charge in [0.2, 0.25) is 0 Å². The molecule has 0 saturated heterocycles. The van der Waals surface area contributed by atoms with Gasteiger partial charge >= 0.3 is 0 Å². The minimum Gasteiger partial charge on any atom is -0.309 e. The molecule has 0 N–H and O–H groups in total. The van der Waals surface area contributed by atoms with E-state index >= 15 is 0 Å². The maximum atomic E-state index is 4.54. The van der Waals surface area contributed by atoms with Gasteiger partial charge in [0.05, 0.1) is 32.5 Å². The highest BCUT2D eigenvalue weighted by molar-refractivity contribution is 7.26. The molecule has 3 nitrogen and oxygen atoms in total. The number of hydrogen-bond donors (Lipinski definition) is 0. The van der Waals surface area contributed by atoms with Crippen molar-refractivity contribution in [3.63, 3.8) is 0 Å². The van der Waals surface area contributed by atoms with Crippen LogP contribution in [0.1, 0.15) is 0 Å². The van der Waals surface area contributed by atoms with Gasteiger partial charge in [-0.3, -0.25) is 4.98 Å². The first-order chi connectivity index (χ1) is 23.3. The number of rotatable bonds is 4. The van der Waals surface area contributed by atoms with E-state index in [1.807, 2.05) is 29.7 Å². The lowest BCUT2D eigenvalue weighted by molar-refractivity contribution is 1.18. The summed E-state index contributed by atoms with van der Waals surface area (Å²) >= 11 is 1.88. The Balaban J connectivity index is 1.10. The van der Waals surface area contributed by atoms with Crippen LogP contribution < -0.4 is 0 Å². The second-order valence-electron chi connectivity index (χ2n) is 12.0. The van der Waals surface area contributed by atoms with Crippen molar-refractivity contribution in [1.29, 1.82) is 0 Å². The number of fused-ring (bicyclic) bond motifs is 8. The average molecular weight is 618 g/mol. The quantitative estimate of drug-likeness (QED) is 0.193. The first kappa shape index (κ1) is 26.3. The number of para-hydroxylation sites is 2. The normalized spacial score (nSPS) is 11.8. The van der Waals surface area contributed by atoms with Gasteiger partial charge in [-0.1, -0.05) is 97.1 Å². The Hall–Kier alpha value is -5.97. The van der Waals surface area contributed by atoms with Gasteiger partial charge in [0, 0.05) is 49.4 Å². The zero-order valence-electron chi connectivity index (χ0n) is 25.3. The van der Waals surface area contributed by atoms with Gasteiger partial charge in [-0.05, 0) is 71.8 Å². The third-order valence-corrected chi connectivity index (χ3v) is 10.6. The standard InChI is InChI=1S/C43H27N3S/c1-4-13-38-33(9-1)34-25-20-30(27-40(34)45(38)31-23-18-29(19-24-31)37-12-7-8-26-44-37)28-16-21-32(22-17-28)46-39-14-5-2-10-35(39)43-42(46)36-11-3-6-15-41(36)47-43/h1-27H. The Morgan fingerprint density at radius 1 is 0.426 bits per heavy atom. The van der Waals surface area contributed by atoms with Crippen LogP contribution in [0, 0.1) is 0 Å². The van der Waals surface area contributed by atoms with Crippen LogP contribution in [0.3, 0.4) is 0 Å². The lowest BCUT2D eigenvalue weighted by atomic mass is 10.0. The van der Waals surface area contributed by atoms with Crippen LogP contribution in [0.4, 0.5) is 0 Å². The fourth-order valence-corrected chi connectivity index (χ4v) is 8.45. The highest BCUT2D eigenvalue weighted by atomic mass is 32.1. The van der Waals surface area contributed by atoms with Crippen LogP contribution in [0.15, 0.2) is 164 Å². The van der Waals surface area contributed by atoms with E-state index < -0.39 is 0 Å². The monoisotopic (exact) mass is 617 g/mol. The Morgan fingerprint density at radius 2 is 1.02 bits per heavy atom. The summed E-state index contributed by atoms with van der Waals surface area (Å²) in [5, 5.41) is 5.11. The molecule has 6 aromatic carbocycles. The first-order valence-electron chi connectivity index (χ1n) is 15.9. The van der Waals surface area contributed by atoms with Gasteiger partial charge in [0.15, 0.2) is 0 Å². The molecule has 0 radical (unpaired) electrons. The molecule has 4 aromatic heterocycles. The molecule has 0 amide bonds. The van der Waals surface area contributed by atoms with E-state index in [1.54, 1.807) is 0 Å². The first-order valence-corrected chi connectivity index (χ1v) is 16.7. The highest BCUT2D eigenvalue weighted by Crippen LogP contribution is 2.42. The van der Waals surface area contributed by atoms with Crippen molar-refractivity contribution in [2.45, 2.75) is 0 Å². The smallest absolute Gasteiger partial charge is 0.0727 e. The third kappa shape index (κ3) is 4.02. The molecular formula is C43H27N3S. The number of aromatic nitrogens is 3. The summed E-state index contributed by atoms with van der Waals surface area (Å²) in [5.41, 5.74) is 11.7. The molecule has 0 fully saturated rings. The zero-order chi connectivity index (χ0) is 30.9. The van der Waals surface area contributed by atoms with Crippen molar-refractivity contribution in [3.8, 4) is 33.8 Å². The van der Waals surface area contributed by atoms with E-state index in [2.05, 4.69) is 160 Å². The van der Waals surface area contributed by atoms with E-state index in [9.17, 15) is 0 Å². The van der Waals surface area contributed by atoms with Crippen molar-refractivity contribution in [2.24, 2.45) is 0 Å². The topological polar surface area (TPSA) is 22.8 Å². The summed E-state index contributed by atoms with van der Waals surface area (Å²) in [6.07, 6.45) is 1.84. The second kappa shape index (κ2) is 10.3. The van der Waals surface area contributed by atoms with Gasteiger partial charge in [-0.2, -0.15) is 0 Å². The lowest BCUT2D eigenvalue weighted by Crippen LogP contribution is -1.95. The molecule has 4 heteroatoms. The molecule has 10 aromatic rings. The van der Waals surface area contributed by atoms with Gasteiger partial charge in [0.25, 0.3) is 0 Å². The summed E-state index contributed by atoms with van der Waals surface area (Å²) in [4.78, 5) is 4.54. The van der Waals surface area contributed by atoms with Gasteiger partial charge in [0.1, 0.15) is 0 Å². The van der Waals surface area contributed by atoms with Gasteiger partial charge in [-0.15, -0.1) is 11.3 Å². The number of hydrogen-bond acceptors (Lipinski definition) is 2. The van der Waals surface area contributed by atoms with Gasteiger partial charge in [-0.25, -0.2) is 0 Å². The molecule has 0 bridgehead atoms. The fourth-order valence-electron chi connectivity index (χ4n) is 7.23. The molecular weight excluding hydrogens is 591 g/mol. The predicted molar refractivity (Wildman–Crippen MR) is 199 cm³/mol. The SMILES string of the molecule is c1ccc(-c2ccc(-n3c4ccccc4c4ccc(-c5ccc(-n6c7ccccc7c7sc8ccccc8c76)cc5)cc43)cc2)nc1. The molecule has 0 aliphatic carbocycles. The minimum atomic E-state index is 0.979. The van der Waals surface area contributed by atoms with Crippen molar-refractivity contribution in [1.82, 2.24) is 14.1 Å². The van der Waals surface area contributed by atoms with Crippen molar-refractivity contribution < 1.29 is 0 Å². The van der Waals surface area contributed by atoms with Crippen LogP contribution in [-0.2, 0) is 0 Å². The average Bonchev–Trinajstić information content (AvgIpc) is 3.79. The summed E-state index contributed by atoms with van der Waals surface area (Å²) in [5.74, 6) is 0. The Labute approximate surface area is 275 Å². The van der Waals surface area contributed by atoms with E-state index in [0.29, 0.717) is 0 Å². The summed E-state index contributed by atoms with van der Waals surface area (Å²) in [7, 11) is 0. The highest BCUT2D eigenvalue weighted by Gasteiger charge is 2.18. The van der Waals surface area contributed by atoms with Crippen molar-refractivity contribution in [3.05, 3.63) is 164 Å². The van der Waals surface area contributed by atoms with Crippen LogP contribution in [0.2, 0.25) is 0 Å². The maximum Gasteiger partial charge on any atom is 0.0727 e. The van der Waals surface area contributed by atoms with E-state index in [4.69, 9.17) is 0 Å². The number of benzene rings is 6. The number of pyridine rings is 1. The molecule has 47 heavy (non-hydrogen) atoms. The molecule has 4 heterocycles. The number of nitrogens with zero attached hydrogens (tertiary/aromatic N) is 3. The Morgan fingerprint density at radius 3 is 1.79 bits per heavy atom.